The van der Waals surface area contributed by atoms with Gasteiger partial charge in [0.1, 0.15) is 0 Å². The lowest BCUT2D eigenvalue weighted by Gasteiger charge is -2.18. The van der Waals surface area contributed by atoms with Crippen molar-refractivity contribution in [3.63, 3.8) is 0 Å². The molecule has 0 unspecified atom stereocenters. The molecule has 1 heterocycles. The van der Waals surface area contributed by atoms with Crippen LogP contribution in [0.15, 0.2) is 18.2 Å². The molecule has 0 N–H and O–H groups in total. The van der Waals surface area contributed by atoms with Gasteiger partial charge in [-0.15, -0.1) is 0 Å². The zero-order chi connectivity index (χ0) is 18.1. The first-order valence-corrected chi connectivity index (χ1v) is 11.6. The van der Waals surface area contributed by atoms with E-state index in [0.717, 1.165) is 0 Å². The minimum atomic E-state index is -3.23. The van der Waals surface area contributed by atoms with Gasteiger partial charge in [0.2, 0.25) is 0 Å². The molecule has 0 radical (unpaired) electrons. The van der Waals surface area contributed by atoms with Crippen molar-refractivity contribution in [2.45, 2.75) is 40.0 Å². The van der Waals surface area contributed by atoms with E-state index in [1.165, 1.54) is 0 Å². The Balaban J connectivity index is 2.93. The summed E-state index contributed by atoms with van der Waals surface area (Å²) >= 11 is 0. The average Bonchev–Trinajstić information content (AvgIpc) is 2.47. The van der Waals surface area contributed by atoms with E-state index in [1.807, 2.05) is 0 Å². The average molecular weight is 379 g/mol. The van der Waals surface area contributed by atoms with Gasteiger partial charge >= 0.3 is 15.2 Å². The summed E-state index contributed by atoms with van der Waals surface area (Å²) in [5, 5.41) is 0. The third kappa shape index (κ3) is 7.14. The summed E-state index contributed by atoms with van der Waals surface area (Å²) in [5.74, 6) is 0. The van der Waals surface area contributed by atoms with Crippen molar-refractivity contribution < 1.29 is 27.2 Å². The lowest BCUT2D eigenvalue weighted by molar-refractivity contribution is 0.218. The summed E-state index contributed by atoms with van der Waals surface area (Å²) < 4.78 is 46.3. The molecule has 0 bridgehead atoms. The summed E-state index contributed by atoms with van der Waals surface area (Å²) in [6, 6.07) is 5.24. The Bertz CT molecular complexity index is 528. The Morgan fingerprint density at radius 1 is 0.750 bits per heavy atom. The number of nitrogens with zero attached hydrogens (tertiary/aromatic N) is 1. The molecule has 0 spiro atoms. The van der Waals surface area contributed by atoms with Gasteiger partial charge in [0.15, 0.2) is 0 Å². The van der Waals surface area contributed by atoms with Gasteiger partial charge < -0.3 is 18.1 Å². The Labute approximate surface area is 144 Å². The van der Waals surface area contributed by atoms with E-state index >= 15 is 0 Å². The van der Waals surface area contributed by atoms with Gasteiger partial charge in [0.25, 0.3) is 0 Å². The van der Waals surface area contributed by atoms with Crippen LogP contribution in [-0.4, -0.2) is 31.4 Å². The predicted molar refractivity (Wildman–Crippen MR) is 93.4 cm³/mol. The van der Waals surface area contributed by atoms with Gasteiger partial charge in [0, 0.05) is 0 Å². The van der Waals surface area contributed by atoms with Crippen LogP contribution in [0.3, 0.4) is 0 Å². The van der Waals surface area contributed by atoms with Crippen LogP contribution in [0, 0.1) is 0 Å². The first kappa shape index (κ1) is 21.5. The van der Waals surface area contributed by atoms with E-state index in [9.17, 15) is 9.13 Å². The molecular weight excluding hydrogens is 352 g/mol. The van der Waals surface area contributed by atoms with Crippen LogP contribution in [0.2, 0.25) is 0 Å². The predicted octanol–water partition coefficient (Wildman–Crippen LogP) is 4.61. The maximum atomic E-state index is 12.6. The Kier molecular flexibility index (Phi) is 9.35. The van der Waals surface area contributed by atoms with Crippen LogP contribution >= 0.6 is 15.2 Å². The molecule has 1 aromatic rings. The van der Waals surface area contributed by atoms with Crippen molar-refractivity contribution in [3.8, 4) is 0 Å². The SMILES string of the molecule is CCOP(=O)(Cc1cccc(CP(=O)(OCC)OCC)n1)OCC. The smallest absolute Gasteiger partial charge is 0.309 e. The quantitative estimate of drug-likeness (QED) is 0.490. The lowest BCUT2D eigenvalue weighted by atomic mass is 10.3. The summed E-state index contributed by atoms with van der Waals surface area (Å²) in [6.45, 7) is 8.21. The van der Waals surface area contributed by atoms with E-state index in [1.54, 1.807) is 45.9 Å². The first-order valence-electron chi connectivity index (χ1n) is 8.11. The largest absolute Gasteiger partial charge is 0.336 e. The van der Waals surface area contributed by atoms with Crippen LogP contribution in [0.1, 0.15) is 39.1 Å². The van der Waals surface area contributed by atoms with E-state index < -0.39 is 15.2 Å². The highest BCUT2D eigenvalue weighted by molar-refractivity contribution is 7.53. The number of pyridine rings is 1. The summed E-state index contributed by atoms with van der Waals surface area (Å²) in [5.41, 5.74) is 1.11. The normalized spacial score (nSPS) is 12.5. The molecule has 0 aliphatic carbocycles. The topological polar surface area (TPSA) is 84.0 Å². The summed E-state index contributed by atoms with van der Waals surface area (Å²) in [6.07, 6.45) is 0.131. The fourth-order valence-corrected chi connectivity index (χ4v) is 5.38. The van der Waals surface area contributed by atoms with Crippen LogP contribution in [-0.2, 0) is 39.5 Å². The fourth-order valence-electron chi connectivity index (χ4n) is 2.15. The molecule has 24 heavy (non-hydrogen) atoms. The van der Waals surface area contributed by atoms with Crippen LogP contribution in [0.4, 0.5) is 0 Å². The molecule has 9 heteroatoms. The molecule has 7 nitrogen and oxygen atoms in total. The molecule has 1 rings (SSSR count). The first-order chi connectivity index (χ1) is 11.4. The van der Waals surface area contributed by atoms with Crippen LogP contribution in [0.5, 0.6) is 0 Å². The fraction of sp³-hybridized carbons (Fsp3) is 0.667. The molecule has 1 aromatic heterocycles. The second-order valence-electron chi connectivity index (χ2n) is 4.83. The minimum absolute atomic E-state index is 0.0656. The summed E-state index contributed by atoms with van der Waals surface area (Å²) in [4.78, 5) is 4.41. The highest BCUT2D eigenvalue weighted by Crippen LogP contribution is 2.52. The molecule has 0 aliphatic heterocycles. The van der Waals surface area contributed by atoms with Gasteiger partial charge in [-0.25, -0.2) is 0 Å². The van der Waals surface area contributed by atoms with Crippen molar-refractivity contribution in [2.75, 3.05) is 26.4 Å². The summed E-state index contributed by atoms with van der Waals surface area (Å²) in [7, 11) is -6.46. The lowest BCUT2D eigenvalue weighted by Crippen LogP contribution is -2.04. The standard InChI is InChI=1S/C15H27NO6P2/c1-5-19-23(17,20-6-2)12-14-10-9-11-15(16-14)13-24(18,21-7-3)22-8-4/h9-11H,5-8,12-13H2,1-4H3. The molecule has 0 atom stereocenters. The van der Waals surface area contributed by atoms with E-state index in [4.69, 9.17) is 18.1 Å². The van der Waals surface area contributed by atoms with Crippen molar-refractivity contribution >= 4 is 15.2 Å². The van der Waals surface area contributed by atoms with Crippen molar-refractivity contribution in [2.24, 2.45) is 0 Å². The van der Waals surface area contributed by atoms with Gasteiger partial charge in [-0.05, 0) is 39.8 Å². The Morgan fingerprint density at radius 2 is 1.08 bits per heavy atom. The van der Waals surface area contributed by atoms with Crippen LogP contribution in [0.25, 0.3) is 0 Å². The van der Waals surface area contributed by atoms with Crippen molar-refractivity contribution in [1.82, 2.24) is 4.98 Å². The van der Waals surface area contributed by atoms with Crippen molar-refractivity contribution in [1.29, 1.82) is 0 Å². The number of hydrogen-bond donors (Lipinski definition) is 0. The molecule has 0 amide bonds. The number of aromatic nitrogens is 1. The molecule has 0 fully saturated rings. The second-order valence-corrected chi connectivity index (χ2v) is 8.94. The Hall–Kier alpha value is -0.550. The van der Waals surface area contributed by atoms with Crippen LogP contribution < -0.4 is 0 Å². The van der Waals surface area contributed by atoms with Gasteiger partial charge in [-0.2, -0.15) is 0 Å². The van der Waals surface area contributed by atoms with E-state index in [2.05, 4.69) is 4.98 Å². The highest BCUT2D eigenvalue weighted by atomic mass is 31.2. The molecule has 138 valence electrons. The second kappa shape index (κ2) is 10.4. The molecular formula is C15H27NO6P2. The van der Waals surface area contributed by atoms with Gasteiger partial charge in [-0.1, -0.05) is 6.07 Å². The Morgan fingerprint density at radius 3 is 1.38 bits per heavy atom. The molecule has 0 aromatic carbocycles. The third-order valence-corrected chi connectivity index (χ3v) is 6.91. The highest BCUT2D eigenvalue weighted by Gasteiger charge is 2.27. The van der Waals surface area contributed by atoms with E-state index in [-0.39, 0.29) is 12.3 Å². The maximum Gasteiger partial charge on any atom is 0.336 e. The van der Waals surface area contributed by atoms with Gasteiger partial charge in [0.05, 0.1) is 50.1 Å². The number of rotatable bonds is 12. The molecule has 0 aliphatic rings. The van der Waals surface area contributed by atoms with Gasteiger partial charge in [-0.3, -0.25) is 14.1 Å². The molecule has 0 saturated heterocycles. The van der Waals surface area contributed by atoms with Crippen molar-refractivity contribution in [3.05, 3.63) is 29.6 Å². The monoisotopic (exact) mass is 379 g/mol. The zero-order valence-corrected chi connectivity index (χ0v) is 16.6. The zero-order valence-electron chi connectivity index (χ0n) is 14.8. The third-order valence-electron chi connectivity index (χ3n) is 2.88. The molecule has 0 saturated carbocycles. The van der Waals surface area contributed by atoms with E-state index in [0.29, 0.717) is 37.8 Å². The minimum Gasteiger partial charge on any atom is -0.309 e. The number of hydrogen-bond acceptors (Lipinski definition) is 7. The maximum absolute atomic E-state index is 12.6.